The number of nitrogen functional groups attached to an aromatic ring is 1. The molecule has 0 atom stereocenters. The van der Waals surface area contributed by atoms with Crippen molar-refractivity contribution in [3.8, 4) is 5.82 Å². The van der Waals surface area contributed by atoms with Crippen LogP contribution in [0.3, 0.4) is 0 Å². The van der Waals surface area contributed by atoms with Gasteiger partial charge in [-0.25, -0.2) is 10.1 Å². The number of anilines is 1. The Morgan fingerprint density at radius 1 is 1.50 bits per heavy atom. The molecule has 0 aromatic carbocycles. The Balaban J connectivity index is 1.89. The number of rotatable bonds is 6. The van der Waals surface area contributed by atoms with Crippen molar-refractivity contribution >= 4 is 45.3 Å². The van der Waals surface area contributed by atoms with Crippen LogP contribution < -0.4 is 11.2 Å². The molecule has 2 aromatic heterocycles. The molecular weight excluding hydrogens is 378 g/mol. The van der Waals surface area contributed by atoms with Crippen molar-refractivity contribution in [1.29, 1.82) is 0 Å². The first-order valence-corrected chi connectivity index (χ1v) is 9.73. The summed E-state index contributed by atoms with van der Waals surface area (Å²) in [6, 6.07) is 0. The summed E-state index contributed by atoms with van der Waals surface area (Å²) in [5, 5.41) is 19.3. The van der Waals surface area contributed by atoms with Crippen molar-refractivity contribution in [1.82, 2.24) is 30.7 Å². The lowest BCUT2D eigenvalue weighted by molar-refractivity contribution is 0.0949. The van der Waals surface area contributed by atoms with Gasteiger partial charge in [0, 0.05) is 17.2 Å². The number of thioether (sulfide) groups is 2. The molecule has 1 aliphatic heterocycles. The second-order valence-electron chi connectivity index (χ2n) is 5.20. The minimum absolute atomic E-state index is 0.0561. The molecule has 0 unspecified atom stereocenters. The zero-order chi connectivity index (χ0) is 18.5. The zero-order valence-electron chi connectivity index (χ0n) is 14.2. The lowest BCUT2D eigenvalue weighted by atomic mass is 10.3. The van der Waals surface area contributed by atoms with Gasteiger partial charge in [-0.3, -0.25) is 9.79 Å². The second kappa shape index (κ2) is 8.31. The minimum atomic E-state index is -0.462. The van der Waals surface area contributed by atoms with Gasteiger partial charge in [-0.05, 0) is 23.7 Å². The normalized spacial score (nSPS) is 14.5. The molecule has 1 amide bonds. The largest absolute Gasteiger partial charge is 0.378 e. The fourth-order valence-corrected chi connectivity index (χ4v) is 3.93. The van der Waals surface area contributed by atoms with Gasteiger partial charge in [0.2, 0.25) is 11.6 Å². The van der Waals surface area contributed by atoms with Crippen LogP contribution in [-0.2, 0) is 5.75 Å². The molecule has 0 saturated carbocycles. The molecular formula is C13H17N9O2S2. The molecule has 0 aliphatic carbocycles. The number of hydrogen-bond acceptors (Lipinski definition) is 11. The van der Waals surface area contributed by atoms with E-state index in [1.54, 1.807) is 11.8 Å². The van der Waals surface area contributed by atoms with E-state index in [-0.39, 0.29) is 17.3 Å². The van der Waals surface area contributed by atoms with Crippen molar-refractivity contribution in [2.45, 2.75) is 26.0 Å². The molecule has 3 rings (SSSR count). The molecule has 0 saturated heterocycles. The van der Waals surface area contributed by atoms with Crippen LogP contribution in [-0.4, -0.2) is 53.6 Å². The third-order valence-electron chi connectivity index (χ3n) is 3.42. The van der Waals surface area contributed by atoms with E-state index in [2.05, 4.69) is 40.8 Å². The van der Waals surface area contributed by atoms with E-state index in [0.717, 1.165) is 28.8 Å². The third-order valence-corrected chi connectivity index (χ3v) is 5.69. The first-order chi connectivity index (χ1) is 12.6. The lowest BCUT2D eigenvalue weighted by Crippen LogP contribution is -2.21. The molecule has 0 bridgehead atoms. The maximum atomic E-state index is 12.5. The third kappa shape index (κ3) is 4.04. The summed E-state index contributed by atoms with van der Waals surface area (Å²) in [4.78, 5) is 16.9. The molecule has 138 valence electrons. The predicted octanol–water partition coefficient (Wildman–Crippen LogP) is 1.08. The van der Waals surface area contributed by atoms with E-state index in [0.29, 0.717) is 11.4 Å². The van der Waals surface area contributed by atoms with Gasteiger partial charge in [-0.15, -0.1) is 5.10 Å². The Bertz CT molecular complexity index is 858. The smallest absolute Gasteiger partial charge is 0.293 e. The summed E-state index contributed by atoms with van der Waals surface area (Å²) in [5.74, 6) is 1.14. The Labute approximate surface area is 157 Å². The van der Waals surface area contributed by atoms with Gasteiger partial charge in [0.05, 0.1) is 12.2 Å². The Kier molecular flexibility index (Phi) is 5.88. The maximum absolute atomic E-state index is 12.5. The van der Waals surface area contributed by atoms with Crippen LogP contribution in [0, 0.1) is 0 Å². The van der Waals surface area contributed by atoms with Gasteiger partial charge >= 0.3 is 0 Å². The molecule has 2 aromatic rings. The highest BCUT2D eigenvalue weighted by Gasteiger charge is 2.24. The van der Waals surface area contributed by atoms with E-state index >= 15 is 0 Å². The topological polar surface area (TPSA) is 149 Å². The molecule has 0 spiro atoms. The van der Waals surface area contributed by atoms with Gasteiger partial charge in [-0.1, -0.05) is 35.7 Å². The van der Waals surface area contributed by atoms with E-state index in [1.807, 2.05) is 13.8 Å². The molecule has 26 heavy (non-hydrogen) atoms. The Morgan fingerprint density at radius 2 is 2.35 bits per heavy atom. The highest BCUT2D eigenvalue weighted by atomic mass is 32.2. The SMILES string of the molecule is CCC(C)=NNC(=O)c1nnn(-c2nonc2N)c1CSC1=NCCS1. The zero-order valence-corrected chi connectivity index (χ0v) is 15.8. The molecule has 13 heteroatoms. The lowest BCUT2D eigenvalue weighted by Gasteiger charge is -2.05. The monoisotopic (exact) mass is 395 g/mol. The summed E-state index contributed by atoms with van der Waals surface area (Å²) in [6.45, 7) is 4.57. The number of carbonyl (C=O) groups excluding carboxylic acids is 1. The maximum Gasteiger partial charge on any atom is 0.293 e. The Morgan fingerprint density at radius 3 is 3.00 bits per heavy atom. The van der Waals surface area contributed by atoms with Crippen molar-refractivity contribution in [3.05, 3.63) is 11.4 Å². The predicted molar refractivity (Wildman–Crippen MR) is 101 cm³/mol. The van der Waals surface area contributed by atoms with Crippen molar-refractivity contribution in [3.63, 3.8) is 0 Å². The quantitative estimate of drug-likeness (QED) is 0.541. The van der Waals surface area contributed by atoms with Crippen LogP contribution >= 0.6 is 23.5 Å². The van der Waals surface area contributed by atoms with Gasteiger partial charge in [0.1, 0.15) is 4.38 Å². The first-order valence-electron chi connectivity index (χ1n) is 7.76. The van der Waals surface area contributed by atoms with Crippen LogP contribution in [0.4, 0.5) is 5.82 Å². The van der Waals surface area contributed by atoms with Crippen molar-refractivity contribution in [2.24, 2.45) is 10.1 Å². The molecule has 3 heterocycles. The molecule has 0 fully saturated rings. The van der Waals surface area contributed by atoms with Crippen LogP contribution in [0.15, 0.2) is 14.7 Å². The second-order valence-corrected chi connectivity index (χ2v) is 7.50. The van der Waals surface area contributed by atoms with Crippen LogP contribution in [0.2, 0.25) is 0 Å². The average Bonchev–Trinajstić information content (AvgIpc) is 3.37. The Hall–Kier alpha value is -2.41. The van der Waals surface area contributed by atoms with Crippen LogP contribution in [0.5, 0.6) is 0 Å². The number of nitrogens with zero attached hydrogens (tertiary/aromatic N) is 7. The van der Waals surface area contributed by atoms with Gasteiger partial charge in [0.15, 0.2) is 5.69 Å². The molecule has 0 radical (unpaired) electrons. The fraction of sp³-hybridized carbons (Fsp3) is 0.462. The highest BCUT2D eigenvalue weighted by molar-refractivity contribution is 8.38. The first kappa shape index (κ1) is 18.4. The molecule has 3 N–H and O–H groups in total. The standard InChI is InChI=1S/C13H17N9O2S2/c1-3-7(2)16-18-12(23)9-8(6-26-13-15-4-5-25-13)22(21-17-9)11-10(14)19-24-20-11/h3-6H2,1-2H3,(H2,14,19)(H,18,23). The number of nitrogens with one attached hydrogen (secondary N) is 1. The number of carbonyl (C=O) groups is 1. The number of hydrogen-bond donors (Lipinski definition) is 2. The van der Waals surface area contributed by atoms with E-state index < -0.39 is 5.91 Å². The summed E-state index contributed by atoms with van der Waals surface area (Å²) in [5.41, 5.74) is 9.68. The minimum Gasteiger partial charge on any atom is -0.378 e. The molecule has 1 aliphatic rings. The summed E-state index contributed by atoms with van der Waals surface area (Å²) >= 11 is 3.17. The van der Waals surface area contributed by atoms with Crippen molar-refractivity contribution < 1.29 is 9.42 Å². The fourth-order valence-electron chi connectivity index (χ4n) is 1.93. The molecule has 11 nitrogen and oxygen atoms in total. The summed E-state index contributed by atoms with van der Waals surface area (Å²) < 4.78 is 6.93. The average molecular weight is 395 g/mol. The van der Waals surface area contributed by atoms with Crippen molar-refractivity contribution in [2.75, 3.05) is 18.0 Å². The number of aliphatic imine (C=N–C) groups is 1. The van der Waals surface area contributed by atoms with E-state index in [9.17, 15) is 4.79 Å². The van der Waals surface area contributed by atoms with Crippen LogP contribution in [0.1, 0.15) is 36.5 Å². The van der Waals surface area contributed by atoms with Crippen LogP contribution in [0.25, 0.3) is 5.82 Å². The van der Waals surface area contributed by atoms with Gasteiger partial charge < -0.3 is 5.73 Å². The van der Waals surface area contributed by atoms with Gasteiger partial charge in [0.25, 0.3) is 5.91 Å². The van der Waals surface area contributed by atoms with E-state index in [4.69, 9.17) is 5.73 Å². The number of aromatic nitrogens is 5. The van der Waals surface area contributed by atoms with E-state index in [1.165, 1.54) is 16.4 Å². The summed E-state index contributed by atoms with van der Waals surface area (Å²) in [7, 11) is 0. The van der Waals surface area contributed by atoms with Gasteiger partial charge in [-0.2, -0.15) is 9.78 Å². The number of amides is 1. The number of nitrogens with two attached hydrogens (primary N) is 1. The summed E-state index contributed by atoms with van der Waals surface area (Å²) in [6.07, 6.45) is 0.730. The highest BCUT2D eigenvalue weighted by Crippen LogP contribution is 2.27. The number of hydrazone groups is 1.